The Labute approximate surface area is 150 Å². The molecule has 0 aliphatic carbocycles. The van der Waals surface area contributed by atoms with E-state index in [9.17, 15) is 13.2 Å². The van der Waals surface area contributed by atoms with Gasteiger partial charge in [0.2, 0.25) is 0 Å². The van der Waals surface area contributed by atoms with Gasteiger partial charge < -0.3 is 9.08 Å². The summed E-state index contributed by atoms with van der Waals surface area (Å²) in [5.74, 6) is -0.0731. The number of urea groups is 1. The third-order valence-electron chi connectivity index (χ3n) is 3.91. The van der Waals surface area contributed by atoms with Gasteiger partial charge in [0.05, 0.1) is 5.69 Å². The molecule has 2 amide bonds. The van der Waals surface area contributed by atoms with Gasteiger partial charge >= 0.3 is 16.1 Å². The standard InChI is InChI=1S/C16H17N3O6S/c1-17-9-10-18(16(17)20)12-5-7-15(8-6-12)26(23,24)25-14-4-2-3-13(11-14)19(21)22/h2-8,11,21-22H,9-10H2,1H3. The van der Waals surface area contributed by atoms with Crippen LogP contribution in [0.4, 0.5) is 16.2 Å². The second-order valence-electron chi connectivity index (χ2n) is 5.67. The molecule has 3 rings (SSSR count). The van der Waals surface area contributed by atoms with Crippen molar-refractivity contribution in [3.8, 4) is 5.75 Å². The molecule has 0 saturated carbocycles. The van der Waals surface area contributed by atoms with E-state index < -0.39 is 10.1 Å². The first kappa shape index (κ1) is 18.0. The molecular formula is C16H17N3O6S. The summed E-state index contributed by atoms with van der Waals surface area (Å²) >= 11 is 0. The molecule has 2 aromatic carbocycles. The molecule has 1 fully saturated rings. The van der Waals surface area contributed by atoms with E-state index in [-0.39, 0.29) is 27.6 Å². The maximum absolute atomic E-state index is 12.4. The zero-order chi connectivity index (χ0) is 18.9. The van der Waals surface area contributed by atoms with Crippen LogP contribution < -0.4 is 14.3 Å². The highest BCUT2D eigenvalue weighted by molar-refractivity contribution is 7.87. The average Bonchev–Trinajstić information content (AvgIpc) is 2.94. The van der Waals surface area contributed by atoms with E-state index >= 15 is 0 Å². The first-order chi connectivity index (χ1) is 12.3. The Morgan fingerprint density at radius 3 is 2.35 bits per heavy atom. The van der Waals surface area contributed by atoms with Gasteiger partial charge in [-0.3, -0.25) is 15.3 Å². The summed E-state index contributed by atoms with van der Waals surface area (Å²) in [6.45, 7) is 1.13. The highest BCUT2D eigenvalue weighted by Gasteiger charge is 2.27. The summed E-state index contributed by atoms with van der Waals surface area (Å²) < 4.78 is 29.8. The number of hydrogen-bond donors (Lipinski definition) is 2. The van der Waals surface area contributed by atoms with Crippen molar-refractivity contribution in [1.82, 2.24) is 4.90 Å². The smallest absolute Gasteiger partial charge is 0.339 e. The minimum Gasteiger partial charge on any atom is -0.379 e. The number of amides is 2. The summed E-state index contributed by atoms with van der Waals surface area (Å²) in [7, 11) is -2.42. The van der Waals surface area contributed by atoms with E-state index in [1.54, 1.807) is 16.8 Å². The molecule has 2 N–H and O–H groups in total. The third-order valence-corrected chi connectivity index (χ3v) is 5.17. The summed E-state index contributed by atoms with van der Waals surface area (Å²) in [6, 6.07) is 10.9. The first-order valence-electron chi connectivity index (χ1n) is 7.63. The van der Waals surface area contributed by atoms with E-state index in [4.69, 9.17) is 14.6 Å². The molecule has 0 unspecified atom stereocenters. The molecule has 10 heteroatoms. The number of carbonyl (C=O) groups is 1. The molecule has 26 heavy (non-hydrogen) atoms. The van der Waals surface area contributed by atoms with E-state index in [1.807, 2.05) is 0 Å². The molecule has 0 radical (unpaired) electrons. The lowest BCUT2D eigenvalue weighted by Gasteiger charge is -2.16. The number of rotatable bonds is 5. The fourth-order valence-corrected chi connectivity index (χ4v) is 3.44. The maximum atomic E-state index is 12.4. The summed E-state index contributed by atoms with van der Waals surface area (Å²) in [4.78, 5) is 15.0. The lowest BCUT2D eigenvalue weighted by atomic mass is 10.3. The second kappa shape index (κ2) is 6.83. The normalized spacial score (nSPS) is 14.7. The molecule has 0 aromatic heterocycles. The fraction of sp³-hybridized carbons (Fsp3) is 0.188. The van der Waals surface area contributed by atoms with E-state index in [2.05, 4.69) is 0 Å². The highest BCUT2D eigenvalue weighted by Crippen LogP contribution is 2.25. The van der Waals surface area contributed by atoms with Crippen molar-refractivity contribution >= 4 is 27.5 Å². The van der Waals surface area contributed by atoms with Gasteiger partial charge in [-0.2, -0.15) is 8.42 Å². The molecule has 1 heterocycles. The number of hydrogen-bond acceptors (Lipinski definition) is 7. The van der Waals surface area contributed by atoms with Gasteiger partial charge in [0.25, 0.3) is 0 Å². The van der Waals surface area contributed by atoms with Crippen LogP contribution in [0.5, 0.6) is 5.75 Å². The molecular weight excluding hydrogens is 362 g/mol. The molecule has 1 aliphatic rings. The van der Waals surface area contributed by atoms with Gasteiger partial charge in [0.1, 0.15) is 10.6 Å². The van der Waals surface area contributed by atoms with Gasteiger partial charge in [-0.1, -0.05) is 6.07 Å². The monoisotopic (exact) mass is 379 g/mol. The quantitative estimate of drug-likeness (QED) is 0.603. The zero-order valence-corrected chi connectivity index (χ0v) is 14.6. The van der Waals surface area contributed by atoms with Crippen LogP contribution in [0.2, 0.25) is 0 Å². The number of likely N-dealkylation sites (N-methyl/N-ethyl adjacent to an activating group) is 1. The molecule has 0 atom stereocenters. The second-order valence-corrected chi connectivity index (χ2v) is 7.22. The van der Waals surface area contributed by atoms with Gasteiger partial charge in [0.15, 0.2) is 0 Å². The summed E-state index contributed by atoms with van der Waals surface area (Å²) in [6.07, 6.45) is 0. The SMILES string of the molecule is CN1CCN(c2ccc(S(=O)(=O)Oc3cccc(N(O)O)c3)cc2)C1=O. The Bertz CT molecular complexity index is 914. The van der Waals surface area contributed by atoms with Gasteiger partial charge in [0, 0.05) is 31.9 Å². The van der Waals surface area contributed by atoms with Crippen molar-refractivity contribution in [2.75, 3.05) is 30.3 Å². The van der Waals surface area contributed by atoms with Crippen LogP contribution in [0.3, 0.4) is 0 Å². The molecule has 2 aromatic rings. The topological polar surface area (TPSA) is 111 Å². The fourth-order valence-electron chi connectivity index (χ4n) is 2.51. The largest absolute Gasteiger partial charge is 0.379 e. The van der Waals surface area contributed by atoms with Gasteiger partial charge in [-0.15, -0.1) is 5.23 Å². The van der Waals surface area contributed by atoms with Crippen molar-refractivity contribution in [2.45, 2.75) is 4.90 Å². The Morgan fingerprint density at radius 1 is 1.08 bits per heavy atom. The van der Waals surface area contributed by atoms with Crippen molar-refractivity contribution in [2.24, 2.45) is 0 Å². The average molecular weight is 379 g/mol. The lowest BCUT2D eigenvalue weighted by molar-refractivity contribution is 0.0291. The predicted molar refractivity (Wildman–Crippen MR) is 92.1 cm³/mol. The van der Waals surface area contributed by atoms with Gasteiger partial charge in [-0.25, -0.2) is 4.79 Å². The third kappa shape index (κ3) is 3.57. The Hall–Kier alpha value is -2.82. The van der Waals surface area contributed by atoms with Crippen LogP contribution in [0.15, 0.2) is 53.4 Å². The molecule has 9 nitrogen and oxygen atoms in total. The van der Waals surface area contributed by atoms with E-state index in [0.717, 1.165) is 6.07 Å². The molecule has 0 bridgehead atoms. The molecule has 138 valence electrons. The maximum Gasteiger partial charge on any atom is 0.339 e. The number of anilines is 2. The molecule has 1 saturated heterocycles. The zero-order valence-electron chi connectivity index (χ0n) is 13.8. The van der Waals surface area contributed by atoms with Crippen LogP contribution in [-0.4, -0.2) is 49.9 Å². The summed E-state index contributed by atoms with van der Waals surface area (Å²) in [5.41, 5.74) is 0.543. The van der Waals surface area contributed by atoms with Crippen molar-refractivity contribution in [3.63, 3.8) is 0 Å². The van der Waals surface area contributed by atoms with E-state index in [0.29, 0.717) is 18.8 Å². The van der Waals surface area contributed by atoms with Crippen molar-refractivity contribution in [3.05, 3.63) is 48.5 Å². The van der Waals surface area contributed by atoms with Crippen LogP contribution in [-0.2, 0) is 10.1 Å². The highest BCUT2D eigenvalue weighted by atomic mass is 32.2. The van der Waals surface area contributed by atoms with Crippen LogP contribution in [0.1, 0.15) is 0 Å². The molecule has 1 aliphatic heterocycles. The van der Waals surface area contributed by atoms with Gasteiger partial charge in [-0.05, 0) is 36.4 Å². The van der Waals surface area contributed by atoms with Crippen LogP contribution >= 0.6 is 0 Å². The minimum absolute atomic E-state index is 0.0512. The van der Waals surface area contributed by atoms with Crippen LogP contribution in [0, 0.1) is 0 Å². The number of carbonyl (C=O) groups excluding carboxylic acids is 1. The Kier molecular flexibility index (Phi) is 4.72. The number of nitrogens with zero attached hydrogens (tertiary/aromatic N) is 3. The Morgan fingerprint density at radius 2 is 1.77 bits per heavy atom. The van der Waals surface area contributed by atoms with Crippen LogP contribution in [0.25, 0.3) is 0 Å². The lowest BCUT2D eigenvalue weighted by Crippen LogP contribution is -2.29. The van der Waals surface area contributed by atoms with Crippen molar-refractivity contribution < 1.29 is 27.8 Å². The van der Waals surface area contributed by atoms with E-state index in [1.165, 1.54) is 42.5 Å². The predicted octanol–water partition coefficient (Wildman–Crippen LogP) is 1.91. The molecule has 0 spiro atoms. The van der Waals surface area contributed by atoms with Crippen molar-refractivity contribution in [1.29, 1.82) is 0 Å². The summed E-state index contributed by atoms with van der Waals surface area (Å²) in [5, 5.41) is 17.8. The minimum atomic E-state index is -4.12. The first-order valence-corrected chi connectivity index (χ1v) is 9.04. The Balaban J connectivity index is 1.80. The number of benzene rings is 2.